The predicted octanol–water partition coefficient (Wildman–Crippen LogP) is 1.06. The zero-order valence-electron chi connectivity index (χ0n) is 4.02. The van der Waals surface area contributed by atoms with Crippen molar-refractivity contribution < 1.29 is 13.2 Å². The van der Waals surface area contributed by atoms with Crippen LogP contribution in [0.4, 0.5) is 13.2 Å². The summed E-state index contributed by atoms with van der Waals surface area (Å²) < 4.78 is 33.9. The van der Waals surface area contributed by atoms with Gasteiger partial charge in [-0.2, -0.15) is 0 Å². The maximum absolute atomic E-state index is 11.6. The van der Waals surface area contributed by atoms with E-state index in [0.717, 1.165) is 6.20 Å². The fraction of sp³-hybridized carbons (Fsp3) is 0.500. The highest BCUT2D eigenvalue weighted by molar-refractivity contribution is 4.86. The van der Waals surface area contributed by atoms with E-state index in [0.29, 0.717) is 6.08 Å². The molecule has 48 valence electrons. The van der Waals surface area contributed by atoms with Crippen molar-refractivity contribution in [3.63, 3.8) is 0 Å². The highest BCUT2D eigenvalue weighted by Crippen LogP contribution is 2.04. The maximum Gasteiger partial charge on any atom is 0.272 e. The third kappa shape index (κ3) is 2.49. The van der Waals surface area contributed by atoms with Gasteiger partial charge in [-0.3, -0.25) is 0 Å². The molecule has 0 heterocycles. The molecule has 0 fully saturated rings. The Morgan fingerprint density at radius 3 is 1.88 bits per heavy atom. The van der Waals surface area contributed by atoms with Crippen molar-refractivity contribution in [3.8, 4) is 0 Å². The molecule has 0 rings (SSSR count). The molecule has 0 aliphatic rings. The lowest BCUT2D eigenvalue weighted by Gasteiger charge is -1.96. The van der Waals surface area contributed by atoms with E-state index < -0.39 is 12.6 Å². The minimum Gasteiger partial charge on any atom is -0.405 e. The summed E-state index contributed by atoms with van der Waals surface area (Å²) in [5.41, 5.74) is 4.61. The third-order valence-corrected chi connectivity index (χ3v) is 0.536. The van der Waals surface area contributed by atoms with E-state index in [1.165, 1.54) is 0 Å². The molecule has 4 heteroatoms. The molecule has 0 saturated carbocycles. The summed E-state index contributed by atoms with van der Waals surface area (Å²) in [6, 6.07) is 0. The van der Waals surface area contributed by atoms with Crippen LogP contribution >= 0.6 is 0 Å². The monoisotopic (exact) mass is 125 g/mol. The Hall–Kier alpha value is -0.670. The van der Waals surface area contributed by atoms with Crippen molar-refractivity contribution in [1.29, 1.82) is 0 Å². The molecule has 1 nitrogen and oxygen atoms in total. The third-order valence-electron chi connectivity index (χ3n) is 0.536. The second-order valence-corrected chi connectivity index (χ2v) is 1.16. The van der Waals surface area contributed by atoms with Crippen LogP contribution in [0.2, 0.25) is 0 Å². The molecule has 0 saturated heterocycles. The number of allylic oxidation sites excluding steroid dienone is 1. The van der Waals surface area contributed by atoms with Gasteiger partial charge in [0.25, 0.3) is 6.43 Å². The zero-order chi connectivity index (χ0) is 6.57. The van der Waals surface area contributed by atoms with E-state index in [9.17, 15) is 13.2 Å². The van der Waals surface area contributed by atoms with Gasteiger partial charge in [0.1, 0.15) is 0 Å². The molecule has 2 N–H and O–H groups in total. The van der Waals surface area contributed by atoms with Gasteiger partial charge in [0.2, 0.25) is 0 Å². The summed E-state index contributed by atoms with van der Waals surface area (Å²) in [6.07, 6.45) is -3.82. The Labute approximate surface area is 45.0 Å². The van der Waals surface area contributed by atoms with Crippen molar-refractivity contribution in [3.05, 3.63) is 12.3 Å². The largest absolute Gasteiger partial charge is 0.405 e. The van der Waals surface area contributed by atoms with Crippen LogP contribution in [0.5, 0.6) is 0 Å². The van der Waals surface area contributed by atoms with E-state index >= 15 is 0 Å². The summed E-state index contributed by atoms with van der Waals surface area (Å²) >= 11 is 0. The SMILES string of the molecule is NC=CC(F)C(F)F. The van der Waals surface area contributed by atoms with Crippen LogP contribution in [-0.4, -0.2) is 12.6 Å². The zero-order valence-corrected chi connectivity index (χ0v) is 4.02. The maximum atomic E-state index is 11.6. The first-order valence-corrected chi connectivity index (χ1v) is 1.99. The molecule has 0 aliphatic heterocycles. The first-order chi connectivity index (χ1) is 3.68. The average molecular weight is 125 g/mol. The van der Waals surface area contributed by atoms with Gasteiger partial charge in [-0.1, -0.05) is 0 Å². The van der Waals surface area contributed by atoms with E-state index in [2.05, 4.69) is 5.73 Å². The lowest BCUT2D eigenvalue weighted by Crippen LogP contribution is -2.08. The highest BCUT2D eigenvalue weighted by atomic mass is 19.3. The minimum atomic E-state index is -2.96. The second kappa shape index (κ2) is 3.35. The first kappa shape index (κ1) is 7.33. The molecule has 0 amide bonds. The van der Waals surface area contributed by atoms with E-state index in [4.69, 9.17) is 0 Å². The van der Waals surface area contributed by atoms with E-state index in [-0.39, 0.29) is 0 Å². The molecule has 0 aromatic carbocycles. The standard InChI is InChI=1S/C4H6F3N/c5-3(1-2-8)4(6)7/h1-4H,8H2. The van der Waals surface area contributed by atoms with Crippen molar-refractivity contribution in [2.45, 2.75) is 12.6 Å². The highest BCUT2D eigenvalue weighted by Gasteiger charge is 2.13. The van der Waals surface area contributed by atoms with E-state index in [1.807, 2.05) is 0 Å². The molecule has 1 atom stereocenters. The molecule has 0 radical (unpaired) electrons. The molecule has 0 aromatic rings. The fourth-order valence-corrected chi connectivity index (χ4v) is 0.190. The van der Waals surface area contributed by atoms with Gasteiger partial charge in [0.15, 0.2) is 6.17 Å². The Morgan fingerprint density at radius 1 is 1.25 bits per heavy atom. The number of nitrogens with two attached hydrogens (primary N) is 1. The van der Waals surface area contributed by atoms with Crippen LogP contribution in [-0.2, 0) is 0 Å². The molecule has 0 spiro atoms. The Balaban J connectivity index is 3.47. The lowest BCUT2D eigenvalue weighted by atomic mass is 10.4. The number of rotatable bonds is 2. The summed E-state index contributed by atoms with van der Waals surface area (Å²) in [4.78, 5) is 0. The molecule has 0 bridgehead atoms. The van der Waals surface area contributed by atoms with Crippen LogP contribution in [0.25, 0.3) is 0 Å². The molecule has 1 unspecified atom stereocenters. The lowest BCUT2D eigenvalue weighted by molar-refractivity contribution is 0.0749. The van der Waals surface area contributed by atoms with Crippen molar-refractivity contribution in [2.75, 3.05) is 0 Å². The van der Waals surface area contributed by atoms with E-state index in [1.54, 1.807) is 0 Å². The number of halogens is 3. The smallest absolute Gasteiger partial charge is 0.272 e. The van der Waals surface area contributed by atoms with Gasteiger partial charge in [0.05, 0.1) is 0 Å². The Bertz CT molecular complexity index is 81.4. The quantitative estimate of drug-likeness (QED) is 0.586. The van der Waals surface area contributed by atoms with Gasteiger partial charge in [-0.05, 0) is 12.3 Å². The summed E-state index contributed by atoms with van der Waals surface area (Å²) in [5, 5.41) is 0. The minimum absolute atomic E-state index is 0.602. The molecule has 0 aromatic heterocycles. The van der Waals surface area contributed by atoms with Crippen LogP contribution in [0, 0.1) is 0 Å². The molecular formula is C4H6F3N. The van der Waals surface area contributed by atoms with Crippen LogP contribution in [0.1, 0.15) is 0 Å². The van der Waals surface area contributed by atoms with Gasteiger partial charge in [-0.25, -0.2) is 13.2 Å². The molecular weight excluding hydrogens is 119 g/mol. The normalized spacial score (nSPS) is 15.5. The van der Waals surface area contributed by atoms with Crippen molar-refractivity contribution in [2.24, 2.45) is 5.73 Å². The summed E-state index contributed by atoms with van der Waals surface area (Å²) in [7, 11) is 0. The van der Waals surface area contributed by atoms with Gasteiger partial charge in [0, 0.05) is 0 Å². The fourth-order valence-electron chi connectivity index (χ4n) is 0.190. The number of hydrogen-bond donors (Lipinski definition) is 1. The Kier molecular flexibility index (Phi) is 3.07. The average Bonchev–Trinajstić information content (AvgIpc) is 1.67. The first-order valence-electron chi connectivity index (χ1n) is 1.99. The second-order valence-electron chi connectivity index (χ2n) is 1.16. The van der Waals surface area contributed by atoms with Crippen molar-refractivity contribution >= 4 is 0 Å². The number of alkyl halides is 3. The van der Waals surface area contributed by atoms with Gasteiger partial charge in [-0.15, -0.1) is 0 Å². The van der Waals surface area contributed by atoms with Gasteiger partial charge < -0.3 is 5.73 Å². The molecule has 0 aliphatic carbocycles. The van der Waals surface area contributed by atoms with Crippen LogP contribution in [0.3, 0.4) is 0 Å². The van der Waals surface area contributed by atoms with Crippen LogP contribution in [0.15, 0.2) is 12.3 Å². The predicted molar refractivity (Wildman–Crippen MR) is 24.2 cm³/mol. The van der Waals surface area contributed by atoms with Crippen LogP contribution < -0.4 is 5.73 Å². The molecule has 8 heavy (non-hydrogen) atoms. The topological polar surface area (TPSA) is 26.0 Å². The van der Waals surface area contributed by atoms with Crippen molar-refractivity contribution in [1.82, 2.24) is 0 Å². The summed E-state index contributed by atoms with van der Waals surface area (Å²) in [5.74, 6) is 0. The number of hydrogen-bond acceptors (Lipinski definition) is 1. The van der Waals surface area contributed by atoms with Gasteiger partial charge >= 0.3 is 0 Å². The summed E-state index contributed by atoms with van der Waals surface area (Å²) in [6.45, 7) is 0. The Morgan fingerprint density at radius 2 is 1.75 bits per heavy atom.